The number of benzene rings is 1. The quantitative estimate of drug-likeness (QED) is 0.409. The van der Waals surface area contributed by atoms with Gasteiger partial charge in [-0.05, 0) is 30.2 Å². The van der Waals surface area contributed by atoms with Crippen LogP contribution >= 0.6 is 24.0 Å². The third-order valence-electron chi connectivity index (χ3n) is 4.75. The Hall–Kier alpha value is -1.57. The fourth-order valence-corrected chi connectivity index (χ4v) is 3.32. The van der Waals surface area contributed by atoms with Gasteiger partial charge in [-0.3, -0.25) is 4.99 Å². The maximum absolute atomic E-state index is 5.40. The average molecular weight is 468 g/mol. The summed E-state index contributed by atoms with van der Waals surface area (Å²) in [5.74, 6) is 2.86. The minimum atomic E-state index is 0. The van der Waals surface area contributed by atoms with Crippen LogP contribution in [0.25, 0.3) is 0 Å². The smallest absolute Gasteiger partial charge is 0.194 e. The molecule has 0 spiro atoms. The minimum Gasteiger partial charge on any atom is -0.359 e. The van der Waals surface area contributed by atoms with Crippen molar-refractivity contribution >= 4 is 29.9 Å². The molecule has 5 nitrogen and oxygen atoms in total. The fraction of sp³-hybridized carbons (Fsp3) is 0.500. The third kappa shape index (κ3) is 5.46. The van der Waals surface area contributed by atoms with Crippen LogP contribution in [-0.4, -0.2) is 36.2 Å². The van der Waals surface area contributed by atoms with E-state index in [1.165, 1.54) is 12.0 Å². The maximum Gasteiger partial charge on any atom is 0.194 e. The molecule has 142 valence electrons. The molecular weight excluding hydrogens is 439 g/mol. The molecule has 6 heteroatoms. The summed E-state index contributed by atoms with van der Waals surface area (Å²) in [7, 11) is 1.84. The summed E-state index contributed by atoms with van der Waals surface area (Å²) in [6, 6.07) is 12.8. The highest BCUT2D eigenvalue weighted by atomic mass is 127. The van der Waals surface area contributed by atoms with Crippen LogP contribution < -0.4 is 5.32 Å². The van der Waals surface area contributed by atoms with Crippen molar-refractivity contribution in [1.82, 2.24) is 15.4 Å². The predicted molar refractivity (Wildman–Crippen MR) is 116 cm³/mol. The van der Waals surface area contributed by atoms with Gasteiger partial charge in [0.05, 0.1) is 12.2 Å². The Kier molecular flexibility index (Phi) is 7.93. The van der Waals surface area contributed by atoms with E-state index in [2.05, 4.69) is 64.5 Å². The molecule has 1 saturated heterocycles. The van der Waals surface area contributed by atoms with Gasteiger partial charge in [0.25, 0.3) is 0 Å². The number of nitrogens with one attached hydrogen (secondary N) is 1. The summed E-state index contributed by atoms with van der Waals surface area (Å²) < 4.78 is 5.40. The van der Waals surface area contributed by atoms with Crippen molar-refractivity contribution in [3.8, 4) is 0 Å². The molecule has 0 saturated carbocycles. The van der Waals surface area contributed by atoms with Crippen molar-refractivity contribution in [1.29, 1.82) is 0 Å². The number of aliphatic imine (C=N–C) groups is 1. The van der Waals surface area contributed by atoms with E-state index in [0.29, 0.717) is 18.4 Å². The number of likely N-dealkylation sites (tertiary alicyclic amines) is 1. The van der Waals surface area contributed by atoms with Crippen molar-refractivity contribution < 1.29 is 4.52 Å². The van der Waals surface area contributed by atoms with Gasteiger partial charge in [0.15, 0.2) is 11.7 Å². The first kappa shape index (κ1) is 20.7. The van der Waals surface area contributed by atoms with E-state index in [9.17, 15) is 0 Å². The summed E-state index contributed by atoms with van der Waals surface area (Å²) in [5, 5.41) is 7.51. The van der Waals surface area contributed by atoms with Crippen molar-refractivity contribution in [2.24, 2.45) is 10.9 Å². The first-order valence-electron chi connectivity index (χ1n) is 9.10. The van der Waals surface area contributed by atoms with Crippen LogP contribution in [0.4, 0.5) is 0 Å². The Labute approximate surface area is 173 Å². The predicted octanol–water partition coefficient (Wildman–Crippen LogP) is 4.06. The van der Waals surface area contributed by atoms with Crippen LogP contribution in [0.5, 0.6) is 0 Å². The lowest BCUT2D eigenvalue weighted by Crippen LogP contribution is -2.39. The summed E-state index contributed by atoms with van der Waals surface area (Å²) in [4.78, 5) is 6.78. The zero-order chi connectivity index (χ0) is 17.6. The molecule has 0 radical (unpaired) electrons. The number of nitrogens with zero attached hydrogens (tertiary/aromatic N) is 3. The number of halogens is 1. The molecule has 1 aliphatic heterocycles. The minimum absolute atomic E-state index is 0. The molecule has 1 atom stereocenters. The lowest BCUT2D eigenvalue weighted by molar-refractivity contribution is 0.368. The first-order chi connectivity index (χ1) is 12.2. The molecule has 1 aromatic heterocycles. The molecule has 1 aliphatic rings. The lowest BCUT2D eigenvalue weighted by atomic mass is 9.99. The average Bonchev–Trinajstić information content (AvgIpc) is 3.26. The molecule has 0 aliphatic carbocycles. The second kappa shape index (κ2) is 9.94. The molecule has 1 aromatic carbocycles. The zero-order valence-electron chi connectivity index (χ0n) is 15.8. The fourth-order valence-electron chi connectivity index (χ4n) is 3.32. The van der Waals surface area contributed by atoms with Gasteiger partial charge in [-0.2, -0.15) is 0 Å². The first-order valence-corrected chi connectivity index (χ1v) is 9.10. The van der Waals surface area contributed by atoms with E-state index in [4.69, 9.17) is 4.52 Å². The highest BCUT2D eigenvalue weighted by Gasteiger charge is 2.25. The SMILES string of the molecule is CN=C(NCc1cc(C(C)C)no1)N1CCC(Cc2ccccc2)C1.I. The molecule has 1 unspecified atom stereocenters. The molecule has 26 heavy (non-hydrogen) atoms. The Morgan fingerprint density at radius 2 is 2.12 bits per heavy atom. The van der Waals surface area contributed by atoms with Crippen LogP contribution in [0, 0.1) is 5.92 Å². The number of rotatable bonds is 5. The molecule has 2 heterocycles. The van der Waals surface area contributed by atoms with Gasteiger partial charge in [-0.15, -0.1) is 24.0 Å². The van der Waals surface area contributed by atoms with Gasteiger partial charge in [-0.1, -0.05) is 49.3 Å². The monoisotopic (exact) mass is 468 g/mol. The van der Waals surface area contributed by atoms with Crippen LogP contribution in [0.15, 0.2) is 45.9 Å². The second-order valence-corrected chi connectivity index (χ2v) is 7.06. The van der Waals surface area contributed by atoms with Crippen LogP contribution in [0.2, 0.25) is 0 Å². The molecule has 0 amide bonds. The van der Waals surface area contributed by atoms with Gasteiger partial charge in [-0.25, -0.2) is 0 Å². The van der Waals surface area contributed by atoms with E-state index in [0.717, 1.165) is 36.9 Å². The van der Waals surface area contributed by atoms with Crippen molar-refractivity contribution in [2.45, 2.75) is 39.2 Å². The topological polar surface area (TPSA) is 53.7 Å². The van der Waals surface area contributed by atoms with E-state index in [1.807, 2.05) is 13.1 Å². The van der Waals surface area contributed by atoms with Crippen LogP contribution in [0.1, 0.15) is 43.2 Å². The number of hydrogen-bond acceptors (Lipinski definition) is 3. The summed E-state index contributed by atoms with van der Waals surface area (Å²) >= 11 is 0. The molecule has 3 rings (SSSR count). The zero-order valence-corrected chi connectivity index (χ0v) is 18.1. The molecule has 2 aromatic rings. The lowest BCUT2D eigenvalue weighted by Gasteiger charge is -2.21. The highest BCUT2D eigenvalue weighted by Crippen LogP contribution is 2.21. The number of aromatic nitrogens is 1. The Morgan fingerprint density at radius 1 is 1.35 bits per heavy atom. The highest BCUT2D eigenvalue weighted by molar-refractivity contribution is 14.0. The molecule has 0 bridgehead atoms. The van der Waals surface area contributed by atoms with Crippen molar-refractivity contribution in [3.05, 3.63) is 53.4 Å². The van der Waals surface area contributed by atoms with Gasteiger partial charge in [0.2, 0.25) is 0 Å². The molecule has 1 fully saturated rings. The van der Waals surface area contributed by atoms with Gasteiger partial charge in [0.1, 0.15) is 0 Å². The standard InChI is InChI=1S/C20H28N4O.HI/c1-15(2)19-12-18(25-23-19)13-22-20(21-3)24-10-9-17(14-24)11-16-7-5-4-6-8-16;/h4-8,12,15,17H,9-11,13-14H2,1-3H3,(H,21,22);1H. The Morgan fingerprint density at radius 3 is 2.77 bits per heavy atom. The van der Waals surface area contributed by atoms with Gasteiger partial charge < -0.3 is 14.7 Å². The number of guanidine groups is 1. The molecular formula is C20H29IN4O. The van der Waals surface area contributed by atoms with Crippen LogP contribution in [0.3, 0.4) is 0 Å². The Balaban J connectivity index is 0.00000243. The van der Waals surface area contributed by atoms with E-state index < -0.39 is 0 Å². The number of hydrogen-bond donors (Lipinski definition) is 1. The maximum atomic E-state index is 5.40. The largest absolute Gasteiger partial charge is 0.359 e. The third-order valence-corrected chi connectivity index (χ3v) is 4.75. The summed E-state index contributed by atoms with van der Waals surface area (Å²) in [6.45, 7) is 6.94. The van der Waals surface area contributed by atoms with Crippen molar-refractivity contribution in [3.63, 3.8) is 0 Å². The normalized spacial score (nSPS) is 17.5. The van der Waals surface area contributed by atoms with Crippen molar-refractivity contribution in [2.75, 3.05) is 20.1 Å². The summed E-state index contributed by atoms with van der Waals surface area (Å²) in [5.41, 5.74) is 2.41. The van der Waals surface area contributed by atoms with E-state index in [-0.39, 0.29) is 24.0 Å². The van der Waals surface area contributed by atoms with E-state index >= 15 is 0 Å². The molecule has 1 N–H and O–H groups in total. The Bertz CT molecular complexity index is 699. The van der Waals surface area contributed by atoms with E-state index in [1.54, 1.807) is 0 Å². The van der Waals surface area contributed by atoms with Gasteiger partial charge >= 0.3 is 0 Å². The second-order valence-electron chi connectivity index (χ2n) is 7.06. The van der Waals surface area contributed by atoms with Crippen LogP contribution in [-0.2, 0) is 13.0 Å². The van der Waals surface area contributed by atoms with Gasteiger partial charge in [0, 0.05) is 26.2 Å². The summed E-state index contributed by atoms with van der Waals surface area (Å²) in [6.07, 6.45) is 2.34.